The Labute approximate surface area is 111 Å². The smallest absolute Gasteiger partial charge is 0.246 e. The predicted octanol–water partition coefficient (Wildman–Crippen LogP) is 3.18. The molecule has 102 valence electrons. The van der Waals surface area contributed by atoms with E-state index in [2.05, 4.69) is 24.9 Å². The van der Waals surface area contributed by atoms with E-state index < -0.39 is 0 Å². The topological polar surface area (TPSA) is 46.3 Å². The van der Waals surface area contributed by atoms with Crippen LogP contribution in [0.2, 0.25) is 0 Å². The molecule has 3 heteroatoms. The van der Waals surface area contributed by atoms with Crippen LogP contribution >= 0.6 is 0 Å². The first-order valence-electron chi connectivity index (χ1n) is 7.03. The van der Waals surface area contributed by atoms with E-state index in [4.69, 9.17) is 5.73 Å². The van der Waals surface area contributed by atoms with Crippen molar-refractivity contribution in [3.05, 3.63) is 24.0 Å². The molecule has 2 unspecified atom stereocenters. The molecule has 1 aliphatic heterocycles. The van der Waals surface area contributed by atoms with Crippen LogP contribution in [0.5, 0.6) is 0 Å². The summed E-state index contributed by atoms with van der Waals surface area (Å²) >= 11 is 0. The summed E-state index contributed by atoms with van der Waals surface area (Å²) < 4.78 is 0. The van der Waals surface area contributed by atoms with Crippen molar-refractivity contribution < 1.29 is 4.79 Å². The van der Waals surface area contributed by atoms with Crippen molar-refractivity contribution >= 4 is 5.91 Å². The number of primary amides is 1. The maximum atomic E-state index is 11.3. The minimum Gasteiger partial charge on any atom is -0.366 e. The third kappa shape index (κ3) is 4.21. The number of carbonyl (C=O) groups is 1. The molecule has 0 radical (unpaired) electrons. The summed E-state index contributed by atoms with van der Waals surface area (Å²) in [5.74, 6) is -0.180. The number of allylic oxidation sites excluding steroid dienone is 1. The van der Waals surface area contributed by atoms with E-state index in [1.165, 1.54) is 25.7 Å². The summed E-state index contributed by atoms with van der Waals surface area (Å²) in [6.07, 6.45) is 12.3. The molecule has 0 saturated carbocycles. The summed E-state index contributed by atoms with van der Waals surface area (Å²) in [6, 6.07) is 0.431. The van der Waals surface area contributed by atoms with E-state index in [0.29, 0.717) is 11.6 Å². The Morgan fingerprint density at radius 3 is 2.78 bits per heavy atom. The molecule has 1 aliphatic rings. The Hall–Kier alpha value is -1.25. The zero-order valence-electron chi connectivity index (χ0n) is 11.9. The first kappa shape index (κ1) is 14.8. The van der Waals surface area contributed by atoms with Gasteiger partial charge in [-0.15, -0.1) is 0 Å². The number of amides is 1. The Balaban J connectivity index is 2.50. The van der Waals surface area contributed by atoms with E-state index in [9.17, 15) is 4.79 Å². The van der Waals surface area contributed by atoms with Gasteiger partial charge in [0.25, 0.3) is 0 Å². The molecular formula is C15H26N2O. The molecule has 1 amide bonds. The SMILES string of the molecule is CCCCCCC(C)N1C=CC(C)C(C(N)=O)=C1. The van der Waals surface area contributed by atoms with E-state index in [-0.39, 0.29) is 11.8 Å². The molecule has 1 rings (SSSR count). The van der Waals surface area contributed by atoms with Gasteiger partial charge in [-0.05, 0) is 13.3 Å². The third-order valence-electron chi connectivity index (χ3n) is 3.59. The number of rotatable bonds is 7. The Morgan fingerprint density at radius 2 is 2.17 bits per heavy atom. The zero-order valence-corrected chi connectivity index (χ0v) is 11.9. The Morgan fingerprint density at radius 1 is 1.44 bits per heavy atom. The minimum absolute atomic E-state index is 0.131. The second-order valence-electron chi connectivity index (χ2n) is 5.22. The fourth-order valence-corrected chi connectivity index (χ4v) is 2.23. The zero-order chi connectivity index (χ0) is 13.5. The van der Waals surface area contributed by atoms with Gasteiger partial charge in [0, 0.05) is 29.9 Å². The number of nitrogens with zero attached hydrogens (tertiary/aromatic N) is 1. The van der Waals surface area contributed by atoms with Gasteiger partial charge >= 0.3 is 0 Å². The second kappa shape index (κ2) is 7.24. The molecule has 3 nitrogen and oxygen atoms in total. The first-order valence-corrected chi connectivity index (χ1v) is 7.03. The highest BCUT2D eigenvalue weighted by molar-refractivity contribution is 5.92. The molecule has 0 bridgehead atoms. The van der Waals surface area contributed by atoms with Crippen LogP contribution in [0.3, 0.4) is 0 Å². The summed E-state index contributed by atoms with van der Waals surface area (Å²) in [6.45, 7) is 6.41. The molecule has 1 heterocycles. The molecule has 2 N–H and O–H groups in total. The fraction of sp³-hybridized carbons (Fsp3) is 0.667. The van der Waals surface area contributed by atoms with Gasteiger partial charge in [0.05, 0.1) is 0 Å². The van der Waals surface area contributed by atoms with Crippen LogP contribution in [0.25, 0.3) is 0 Å². The summed E-state index contributed by atoms with van der Waals surface area (Å²) in [5, 5.41) is 0. The van der Waals surface area contributed by atoms with Crippen LogP contribution in [0.15, 0.2) is 24.0 Å². The monoisotopic (exact) mass is 250 g/mol. The van der Waals surface area contributed by atoms with Crippen LogP contribution in [0.1, 0.15) is 52.9 Å². The van der Waals surface area contributed by atoms with E-state index in [1.54, 1.807) is 0 Å². The summed E-state index contributed by atoms with van der Waals surface area (Å²) in [7, 11) is 0. The molecule has 0 fully saturated rings. The first-order chi connectivity index (χ1) is 8.56. The van der Waals surface area contributed by atoms with Gasteiger partial charge in [-0.2, -0.15) is 0 Å². The second-order valence-corrected chi connectivity index (χ2v) is 5.22. The lowest BCUT2D eigenvalue weighted by Crippen LogP contribution is -2.30. The largest absolute Gasteiger partial charge is 0.366 e. The normalized spacial score (nSPS) is 20.7. The van der Waals surface area contributed by atoms with Crippen LogP contribution < -0.4 is 5.73 Å². The van der Waals surface area contributed by atoms with Gasteiger partial charge in [0.15, 0.2) is 0 Å². The molecule has 0 aromatic rings. The van der Waals surface area contributed by atoms with Crippen molar-refractivity contribution in [2.45, 2.75) is 58.9 Å². The summed E-state index contributed by atoms with van der Waals surface area (Å²) in [4.78, 5) is 13.4. The molecule has 0 aromatic heterocycles. The minimum atomic E-state index is -0.310. The van der Waals surface area contributed by atoms with Gasteiger partial charge in [-0.1, -0.05) is 45.6 Å². The van der Waals surface area contributed by atoms with Crippen LogP contribution in [0, 0.1) is 5.92 Å². The highest BCUT2D eigenvalue weighted by Gasteiger charge is 2.19. The quantitative estimate of drug-likeness (QED) is 0.705. The van der Waals surface area contributed by atoms with E-state index in [1.807, 2.05) is 19.2 Å². The Kier molecular flexibility index (Phi) is 5.96. The van der Waals surface area contributed by atoms with Crippen LogP contribution in [-0.4, -0.2) is 16.8 Å². The van der Waals surface area contributed by atoms with E-state index in [0.717, 1.165) is 6.42 Å². The maximum Gasteiger partial charge on any atom is 0.246 e. The van der Waals surface area contributed by atoms with Gasteiger partial charge in [0.2, 0.25) is 5.91 Å². The lowest BCUT2D eigenvalue weighted by Gasteiger charge is -2.29. The molecule has 0 aliphatic carbocycles. The summed E-state index contributed by atoms with van der Waals surface area (Å²) in [5.41, 5.74) is 6.10. The number of hydrogen-bond donors (Lipinski definition) is 1. The average molecular weight is 250 g/mol. The van der Waals surface area contributed by atoms with Crippen molar-refractivity contribution in [2.75, 3.05) is 0 Å². The number of carbonyl (C=O) groups excluding carboxylic acids is 1. The highest BCUT2D eigenvalue weighted by atomic mass is 16.1. The standard InChI is InChI=1S/C15H26N2O/c1-4-5-6-7-8-13(3)17-10-9-12(2)14(11-17)15(16)18/h9-13H,4-8H2,1-3H3,(H2,16,18). The fourth-order valence-electron chi connectivity index (χ4n) is 2.23. The number of nitrogens with two attached hydrogens (primary N) is 1. The number of hydrogen-bond acceptors (Lipinski definition) is 2. The number of unbranched alkanes of at least 4 members (excludes halogenated alkanes) is 3. The van der Waals surface area contributed by atoms with E-state index >= 15 is 0 Å². The van der Waals surface area contributed by atoms with Gasteiger partial charge < -0.3 is 10.6 Å². The molecular weight excluding hydrogens is 224 g/mol. The molecule has 2 atom stereocenters. The lowest BCUT2D eigenvalue weighted by molar-refractivity contribution is -0.115. The van der Waals surface area contributed by atoms with Gasteiger partial charge in [0.1, 0.15) is 0 Å². The van der Waals surface area contributed by atoms with Gasteiger partial charge in [-0.25, -0.2) is 0 Å². The van der Waals surface area contributed by atoms with Crippen molar-refractivity contribution in [3.8, 4) is 0 Å². The molecule has 18 heavy (non-hydrogen) atoms. The van der Waals surface area contributed by atoms with Crippen LogP contribution in [0.4, 0.5) is 0 Å². The van der Waals surface area contributed by atoms with Crippen molar-refractivity contribution in [3.63, 3.8) is 0 Å². The highest BCUT2D eigenvalue weighted by Crippen LogP contribution is 2.22. The average Bonchev–Trinajstić information content (AvgIpc) is 2.34. The predicted molar refractivity (Wildman–Crippen MR) is 75.6 cm³/mol. The van der Waals surface area contributed by atoms with Crippen molar-refractivity contribution in [2.24, 2.45) is 11.7 Å². The maximum absolute atomic E-state index is 11.3. The molecule has 0 saturated heterocycles. The van der Waals surface area contributed by atoms with Crippen molar-refractivity contribution in [1.29, 1.82) is 0 Å². The van der Waals surface area contributed by atoms with Crippen molar-refractivity contribution in [1.82, 2.24) is 4.90 Å². The molecule has 0 aromatic carbocycles. The van der Waals surface area contributed by atoms with Crippen LogP contribution in [-0.2, 0) is 4.79 Å². The molecule has 0 spiro atoms. The van der Waals surface area contributed by atoms with Gasteiger partial charge in [-0.3, -0.25) is 4.79 Å². The lowest BCUT2D eigenvalue weighted by atomic mass is 9.98. The third-order valence-corrected chi connectivity index (χ3v) is 3.59. The Bertz CT molecular complexity index is 333.